The van der Waals surface area contributed by atoms with E-state index < -0.39 is 9.84 Å². The van der Waals surface area contributed by atoms with Crippen molar-refractivity contribution in [2.75, 3.05) is 11.5 Å². The van der Waals surface area contributed by atoms with Crippen LogP contribution in [0.1, 0.15) is 16.9 Å². The zero-order valence-electron chi connectivity index (χ0n) is 11.0. The topological polar surface area (TPSA) is 89.0 Å². The Morgan fingerprint density at radius 3 is 2.95 bits per heavy atom. The third-order valence-electron chi connectivity index (χ3n) is 3.21. The molecule has 0 aromatic carbocycles. The third kappa shape index (κ3) is 3.27. The summed E-state index contributed by atoms with van der Waals surface area (Å²) < 4.78 is 22.8. The minimum atomic E-state index is -3.00. The van der Waals surface area contributed by atoms with Gasteiger partial charge in [0, 0.05) is 29.4 Å². The molecule has 0 saturated carbocycles. The van der Waals surface area contributed by atoms with Gasteiger partial charge in [0.15, 0.2) is 9.84 Å². The van der Waals surface area contributed by atoms with Gasteiger partial charge in [0.1, 0.15) is 10.7 Å². The Hall–Kier alpha value is -1.80. The van der Waals surface area contributed by atoms with Crippen LogP contribution in [0.2, 0.25) is 0 Å². The molecule has 0 spiro atoms. The fourth-order valence-electron chi connectivity index (χ4n) is 2.17. The molecule has 3 heterocycles. The SMILES string of the molecule is O=C(NC1CCS(=O)(=O)C1)c1csc(-c2cccnc2)n1. The van der Waals surface area contributed by atoms with Gasteiger partial charge in [0.05, 0.1) is 11.5 Å². The summed E-state index contributed by atoms with van der Waals surface area (Å²) >= 11 is 1.36. The van der Waals surface area contributed by atoms with Gasteiger partial charge >= 0.3 is 0 Å². The van der Waals surface area contributed by atoms with Gasteiger partial charge in [-0.25, -0.2) is 13.4 Å². The van der Waals surface area contributed by atoms with Gasteiger partial charge in [-0.1, -0.05) is 0 Å². The second-order valence-electron chi connectivity index (χ2n) is 4.85. The van der Waals surface area contributed by atoms with Crippen LogP contribution in [0.15, 0.2) is 29.9 Å². The summed E-state index contributed by atoms with van der Waals surface area (Å²) in [5.74, 6) is -0.183. The number of aromatic nitrogens is 2. The molecule has 1 N–H and O–H groups in total. The predicted molar refractivity (Wildman–Crippen MR) is 79.9 cm³/mol. The predicted octanol–water partition coefficient (Wildman–Crippen LogP) is 1.12. The number of rotatable bonds is 3. The summed E-state index contributed by atoms with van der Waals surface area (Å²) in [6.45, 7) is 0. The lowest BCUT2D eigenvalue weighted by Gasteiger charge is -2.08. The van der Waals surface area contributed by atoms with Crippen LogP contribution in [0.3, 0.4) is 0 Å². The summed E-state index contributed by atoms with van der Waals surface area (Å²) in [7, 11) is -3.00. The fraction of sp³-hybridized carbons (Fsp3) is 0.308. The number of thiazole rings is 1. The maximum Gasteiger partial charge on any atom is 0.271 e. The average molecular weight is 323 g/mol. The second-order valence-corrected chi connectivity index (χ2v) is 7.94. The lowest BCUT2D eigenvalue weighted by Crippen LogP contribution is -2.35. The Bertz CT molecular complexity index is 756. The van der Waals surface area contributed by atoms with E-state index in [1.54, 1.807) is 23.8 Å². The van der Waals surface area contributed by atoms with Gasteiger partial charge in [-0.15, -0.1) is 11.3 Å². The maximum absolute atomic E-state index is 12.1. The van der Waals surface area contributed by atoms with Crippen molar-refractivity contribution < 1.29 is 13.2 Å². The first-order valence-electron chi connectivity index (χ1n) is 6.41. The highest BCUT2D eigenvalue weighted by Gasteiger charge is 2.29. The Balaban J connectivity index is 1.70. The number of sulfone groups is 1. The Kier molecular flexibility index (Phi) is 3.73. The Morgan fingerprint density at radius 1 is 1.43 bits per heavy atom. The number of nitrogens with one attached hydrogen (secondary N) is 1. The van der Waals surface area contributed by atoms with Crippen LogP contribution in [-0.4, -0.2) is 41.8 Å². The van der Waals surface area contributed by atoms with Crippen LogP contribution in [0.5, 0.6) is 0 Å². The van der Waals surface area contributed by atoms with Gasteiger partial charge in [-0.2, -0.15) is 0 Å². The highest BCUT2D eigenvalue weighted by Crippen LogP contribution is 2.22. The van der Waals surface area contributed by atoms with E-state index in [0.717, 1.165) is 5.56 Å². The first-order valence-corrected chi connectivity index (χ1v) is 9.11. The van der Waals surface area contributed by atoms with Crippen molar-refractivity contribution in [3.8, 4) is 10.6 Å². The molecule has 1 unspecified atom stereocenters. The summed E-state index contributed by atoms with van der Waals surface area (Å²) in [5, 5.41) is 5.11. The van der Waals surface area contributed by atoms with E-state index in [0.29, 0.717) is 17.1 Å². The molecule has 0 bridgehead atoms. The minimum absolute atomic E-state index is 0.0122. The van der Waals surface area contributed by atoms with E-state index in [4.69, 9.17) is 0 Å². The van der Waals surface area contributed by atoms with Crippen molar-refractivity contribution in [3.05, 3.63) is 35.6 Å². The molecule has 21 heavy (non-hydrogen) atoms. The van der Waals surface area contributed by atoms with Crippen LogP contribution in [-0.2, 0) is 9.84 Å². The molecule has 1 fully saturated rings. The highest BCUT2D eigenvalue weighted by atomic mass is 32.2. The quantitative estimate of drug-likeness (QED) is 0.914. The number of nitrogens with zero attached hydrogens (tertiary/aromatic N) is 2. The number of carbonyl (C=O) groups excluding carboxylic acids is 1. The van der Waals surface area contributed by atoms with Crippen molar-refractivity contribution >= 4 is 27.1 Å². The van der Waals surface area contributed by atoms with Crippen molar-refractivity contribution in [1.82, 2.24) is 15.3 Å². The van der Waals surface area contributed by atoms with E-state index >= 15 is 0 Å². The average Bonchev–Trinajstić information content (AvgIpc) is 3.07. The monoisotopic (exact) mass is 323 g/mol. The van der Waals surface area contributed by atoms with E-state index in [2.05, 4.69) is 15.3 Å². The largest absolute Gasteiger partial charge is 0.347 e. The molecule has 2 aromatic heterocycles. The van der Waals surface area contributed by atoms with Crippen molar-refractivity contribution in [3.63, 3.8) is 0 Å². The zero-order valence-corrected chi connectivity index (χ0v) is 12.7. The van der Waals surface area contributed by atoms with Crippen LogP contribution < -0.4 is 5.32 Å². The molecule has 1 aliphatic rings. The standard InChI is InChI=1S/C13H13N3O3S2/c17-12(15-10-3-5-21(18,19)8-10)11-7-20-13(16-11)9-2-1-4-14-6-9/h1-2,4,6-7,10H,3,5,8H2,(H,15,17). The van der Waals surface area contributed by atoms with Crippen LogP contribution in [0, 0.1) is 0 Å². The molecule has 1 amide bonds. The zero-order chi connectivity index (χ0) is 14.9. The summed E-state index contributed by atoms with van der Waals surface area (Å²) in [4.78, 5) is 20.4. The molecule has 6 nitrogen and oxygen atoms in total. The Morgan fingerprint density at radius 2 is 2.29 bits per heavy atom. The van der Waals surface area contributed by atoms with E-state index in [-0.39, 0.29) is 23.5 Å². The van der Waals surface area contributed by atoms with Crippen LogP contribution >= 0.6 is 11.3 Å². The highest BCUT2D eigenvalue weighted by molar-refractivity contribution is 7.91. The van der Waals surface area contributed by atoms with Crippen LogP contribution in [0.25, 0.3) is 10.6 Å². The lowest BCUT2D eigenvalue weighted by molar-refractivity contribution is 0.0937. The molecule has 1 aliphatic heterocycles. The molecule has 1 saturated heterocycles. The summed E-state index contributed by atoms with van der Waals surface area (Å²) in [6.07, 6.45) is 3.82. The van der Waals surface area contributed by atoms with Gasteiger partial charge in [0.25, 0.3) is 5.91 Å². The van der Waals surface area contributed by atoms with Crippen molar-refractivity contribution in [2.45, 2.75) is 12.5 Å². The summed E-state index contributed by atoms with van der Waals surface area (Å²) in [5.41, 5.74) is 1.16. The number of carbonyl (C=O) groups is 1. The molecule has 3 rings (SSSR count). The van der Waals surface area contributed by atoms with Gasteiger partial charge in [0.2, 0.25) is 0 Å². The maximum atomic E-state index is 12.1. The minimum Gasteiger partial charge on any atom is -0.347 e. The first kappa shape index (κ1) is 14.2. The number of hydrogen-bond acceptors (Lipinski definition) is 6. The van der Waals surface area contributed by atoms with E-state index in [1.165, 1.54) is 11.3 Å². The van der Waals surface area contributed by atoms with Gasteiger partial charge < -0.3 is 5.32 Å². The number of hydrogen-bond donors (Lipinski definition) is 1. The fourth-order valence-corrected chi connectivity index (χ4v) is 4.63. The lowest BCUT2D eigenvalue weighted by atomic mass is 10.2. The third-order valence-corrected chi connectivity index (χ3v) is 5.87. The Labute approximate surface area is 126 Å². The molecule has 0 aliphatic carbocycles. The first-order chi connectivity index (χ1) is 10.0. The number of amides is 1. The molecule has 1 atom stereocenters. The van der Waals surface area contributed by atoms with Gasteiger partial charge in [-0.3, -0.25) is 9.78 Å². The van der Waals surface area contributed by atoms with Crippen molar-refractivity contribution in [1.29, 1.82) is 0 Å². The molecule has 2 aromatic rings. The van der Waals surface area contributed by atoms with E-state index in [9.17, 15) is 13.2 Å². The molecule has 110 valence electrons. The van der Waals surface area contributed by atoms with Crippen LogP contribution in [0.4, 0.5) is 0 Å². The smallest absolute Gasteiger partial charge is 0.271 e. The van der Waals surface area contributed by atoms with Gasteiger partial charge in [-0.05, 0) is 18.6 Å². The molecular formula is C13H13N3O3S2. The molecular weight excluding hydrogens is 310 g/mol. The van der Waals surface area contributed by atoms with E-state index in [1.807, 2.05) is 6.07 Å². The second kappa shape index (κ2) is 5.53. The molecule has 0 radical (unpaired) electrons. The summed E-state index contributed by atoms with van der Waals surface area (Å²) in [6, 6.07) is 3.36. The van der Waals surface area contributed by atoms with Crippen molar-refractivity contribution in [2.24, 2.45) is 0 Å². The molecule has 8 heteroatoms. The normalized spacial score (nSPS) is 20.3. The number of pyridine rings is 1.